The summed E-state index contributed by atoms with van der Waals surface area (Å²) < 4.78 is 15.6. The summed E-state index contributed by atoms with van der Waals surface area (Å²) in [5, 5.41) is 7.00. The normalized spacial score (nSPS) is 10.7. The average Bonchev–Trinajstić information content (AvgIpc) is 3.18. The Morgan fingerprint density at radius 1 is 0.931 bits per heavy atom. The fraction of sp³-hybridized carbons (Fsp3) is 0.0870. The molecule has 1 N–H and O–H groups in total. The first-order chi connectivity index (χ1) is 14.0. The van der Waals surface area contributed by atoms with Gasteiger partial charge in [0.2, 0.25) is 5.82 Å². The van der Waals surface area contributed by atoms with Crippen molar-refractivity contribution in [2.45, 2.75) is 13.8 Å². The number of nitrogens with zero attached hydrogens (tertiary/aromatic N) is 3. The molecule has 0 spiro atoms. The SMILES string of the molecule is Cc1cccc(-n2nc(C(=O)Nc3ccccc3F)nc2-c2ccccc2)c1C. The van der Waals surface area contributed by atoms with Gasteiger partial charge in [0, 0.05) is 5.56 Å². The lowest BCUT2D eigenvalue weighted by Crippen LogP contribution is -2.15. The maximum Gasteiger partial charge on any atom is 0.295 e. The minimum absolute atomic E-state index is 0.0342. The molecule has 0 aliphatic heterocycles. The molecule has 6 heteroatoms. The van der Waals surface area contributed by atoms with Crippen LogP contribution in [-0.4, -0.2) is 20.7 Å². The molecule has 0 saturated carbocycles. The molecule has 0 unspecified atom stereocenters. The van der Waals surface area contributed by atoms with Gasteiger partial charge in [-0.05, 0) is 43.2 Å². The van der Waals surface area contributed by atoms with Crippen molar-refractivity contribution >= 4 is 11.6 Å². The number of aryl methyl sites for hydroxylation is 1. The van der Waals surface area contributed by atoms with Gasteiger partial charge >= 0.3 is 0 Å². The lowest BCUT2D eigenvalue weighted by molar-refractivity contribution is 0.101. The van der Waals surface area contributed by atoms with E-state index in [1.54, 1.807) is 16.8 Å². The van der Waals surface area contributed by atoms with Crippen molar-refractivity contribution < 1.29 is 9.18 Å². The van der Waals surface area contributed by atoms with Crippen LogP contribution in [0.5, 0.6) is 0 Å². The standard InChI is InChI=1S/C23H19FN4O/c1-15-9-8-14-20(16(15)2)28-22(17-10-4-3-5-11-17)26-21(27-28)23(29)25-19-13-7-6-12-18(19)24/h3-14H,1-2H3,(H,25,29). The quantitative estimate of drug-likeness (QED) is 0.540. The molecule has 4 rings (SSSR count). The molecular weight excluding hydrogens is 367 g/mol. The number of carbonyl (C=O) groups is 1. The Morgan fingerprint density at radius 2 is 1.66 bits per heavy atom. The van der Waals surface area contributed by atoms with E-state index >= 15 is 0 Å². The van der Waals surface area contributed by atoms with E-state index in [0.717, 1.165) is 22.4 Å². The second-order valence-corrected chi connectivity index (χ2v) is 6.69. The number of nitrogens with one attached hydrogen (secondary N) is 1. The molecule has 1 heterocycles. The van der Waals surface area contributed by atoms with Gasteiger partial charge in [-0.3, -0.25) is 4.79 Å². The number of amides is 1. The van der Waals surface area contributed by atoms with Gasteiger partial charge in [-0.1, -0.05) is 54.6 Å². The van der Waals surface area contributed by atoms with Crippen molar-refractivity contribution in [3.63, 3.8) is 0 Å². The molecule has 4 aromatic rings. The van der Waals surface area contributed by atoms with E-state index in [0.29, 0.717) is 5.82 Å². The number of rotatable bonds is 4. The van der Waals surface area contributed by atoms with Gasteiger partial charge in [-0.2, -0.15) is 0 Å². The van der Waals surface area contributed by atoms with Crippen LogP contribution in [-0.2, 0) is 0 Å². The van der Waals surface area contributed by atoms with Crippen LogP contribution in [0.3, 0.4) is 0 Å². The lowest BCUT2D eigenvalue weighted by atomic mass is 10.1. The summed E-state index contributed by atoms with van der Waals surface area (Å²) in [6.45, 7) is 4.02. The molecular formula is C23H19FN4O. The van der Waals surface area contributed by atoms with Crippen LogP contribution in [0, 0.1) is 19.7 Å². The third-order valence-corrected chi connectivity index (χ3v) is 4.77. The molecule has 0 saturated heterocycles. The number of para-hydroxylation sites is 1. The zero-order valence-corrected chi connectivity index (χ0v) is 16.1. The first kappa shape index (κ1) is 18.6. The van der Waals surface area contributed by atoms with E-state index in [1.807, 2.05) is 62.4 Å². The van der Waals surface area contributed by atoms with E-state index in [4.69, 9.17) is 0 Å². The molecule has 0 bridgehead atoms. The van der Waals surface area contributed by atoms with Crippen LogP contribution in [0.2, 0.25) is 0 Å². The number of aromatic nitrogens is 3. The van der Waals surface area contributed by atoms with Gasteiger partial charge in [0.25, 0.3) is 5.91 Å². The molecule has 5 nitrogen and oxygen atoms in total. The van der Waals surface area contributed by atoms with Crippen molar-refractivity contribution in [2.75, 3.05) is 5.32 Å². The first-order valence-corrected chi connectivity index (χ1v) is 9.19. The van der Waals surface area contributed by atoms with Crippen molar-refractivity contribution in [3.05, 3.63) is 95.6 Å². The van der Waals surface area contributed by atoms with Crippen LogP contribution >= 0.6 is 0 Å². The molecule has 0 aliphatic carbocycles. The Hall–Kier alpha value is -3.80. The summed E-state index contributed by atoms with van der Waals surface area (Å²) in [6, 6.07) is 21.4. The van der Waals surface area contributed by atoms with Gasteiger partial charge in [0.05, 0.1) is 11.4 Å². The summed E-state index contributed by atoms with van der Waals surface area (Å²) in [6.07, 6.45) is 0. The lowest BCUT2D eigenvalue weighted by Gasteiger charge is -2.10. The van der Waals surface area contributed by atoms with Crippen LogP contribution in [0.15, 0.2) is 72.8 Å². The number of hydrogen-bond donors (Lipinski definition) is 1. The molecule has 1 amide bonds. The van der Waals surface area contributed by atoms with E-state index in [1.165, 1.54) is 12.1 Å². The average molecular weight is 386 g/mol. The molecule has 0 radical (unpaired) electrons. The molecule has 29 heavy (non-hydrogen) atoms. The van der Waals surface area contributed by atoms with Crippen molar-refractivity contribution in [3.8, 4) is 17.1 Å². The van der Waals surface area contributed by atoms with E-state index in [9.17, 15) is 9.18 Å². The Labute approximate surface area is 167 Å². The Kier molecular flexibility index (Phi) is 4.91. The number of benzene rings is 3. The Balaban J connectivity index is 1.81. The van der Waals surface area contributed by atoms with Crippen LogP contribution in [0.1, 0.15) is 21.7 Å². The second-order valence-electron chi connectivity index (χ2n) is 6.69. The Morgan fingerprint density at radius 3 is 2.41 bits per heavy atom. The summed E-state index contributed by atoms with van der Waals surface area (Å²) in [5.74, 6) is -0.583. The minimum Gasteiger partial charge on any atom is -0.317 e. The minimum atomic E-state index is -0.573. The van der Waals surface area contributed by atoms with Crippen molar-refractivity contribution in [1.29, 1.82) is 0 Å². The first-order valence-electron chi connectivity index (χ1n) is 9.19. The summed E-state index contributed by atoms with van der Waals surface area (Å²) in [5.41, 5.74) is 3.89. The summed E-state index contributed by atoms with van der Waals surface area (Å²) in [7, 11) is 0. The largest absolute Gasteiger partial charge is 0.317 e. The van der Waals surface area contributed by atoms with Crippen molar-refractivity contribution in [2.24, 2.45) is 0 Å². The van der Waals surface area contributed by atoms with Crippen LogP contribution in [0.25, 0.3) is 17.1 Å². The molecule has 0 atom stereocenters. The smallest absolute Gasteiger partial charge is 0.295 e. The number of anilines is 1. The number of carbonyl (C=O) groups excluding carboxylic acids is 1. The van der Waals surface area contributed by atoms with E-state index in [-0.39, 0.29) is 11.5 Å². The third kappa shape index (κ3) is 3.65. The Bertz CT molecular complexity index is 1180. The van der Waals surface area contributed by atoms with Gasteiger partial charge in [-0.15, -0.1) is 5.10 Å². The van der Waals surface area contributed by atoms with Crippen molar-refractivity contribution in [1.82, 2.24) is 14.8 Å². The zero-order valence-electron chi connectivity index (χ0n) is 16.1. The predicted octanol–water partition coefficient (Wildman–Crippen LogP) is 4.94. The van der Waals surface area contributed by atoms with Gasteiger partial charge in [-0.25, -0.2) is 14.1 Å². The highest BCUT2D eigenvalue weighted by Gasteiger charge is 2.20. The molecule has 0 aliphatic rings. The number of halogens is 1. The van der Waals surface area contributed by atoms with Gasteiger partial charge in [0.15, 0.2) is 5.82 Å². The van der Waals surface area contributed by atoms with E-state index in [2.05, 4.69) is 15.4 Å². The highest BCUT2D eigenvalue weighted by Crippen LogP contribution is 2.25. The van der Waals surface area contributed by atoms with E-state index < -0.39 is 11.7 Å². The highest BCUT2D eigenvalue weighted by atomic mass is 19.1. The van der Waals surface area contributed by atoms with Crippen LogP contribution < -0.4 is 5.32 Å². The maximum atomic E-state index is 13.9. The monoisotopic (exact) mass is 386 g/mol. The fourth-order valence-corrected chi connectivity index (χ4v) is 3.06. The second kappa shape index (κ2) is 7.67. The third-order valence-electron chi connectivity index (χ3n) is 4.77. The summed E-state index contributed by atoms with van der Waals surface area (Å²) in [4.78, 5) is 17.2. The maximum absolute atomic E-state index is 13.9. The van der Waals surface area contributed by atoms with Gasteiger partial charge < -0.3 is 5.32 Å². The molecule has 3 aromatic carbocycles. The predicted molar refractivity (Wildman–Crippen MR) is 111 cm³/mol. The van der Waals surface area contributed by atoms with Gasteiger partial charge in [0.1, 0.15) is 5.82 Å². The number of hydrogen-bond acceptors (Lipinski definition) is 3. The topological polar surface area (TPSA) is 59.8 Å². The fourth-order valence-electron chi connectivity index (χ4n) is 3.06. The molecule has 1 aromatic heterocycles. The zero-order chi connectivity index (χ0) is 20.4. The highest BCUT2D eigenvalue weighted by molar-refractivity contribution is 6.01. The molecule has 144 valence electrons. The molecule has 0 fully saturated rings. The van der Waals surface area contributed by atoms with Crippen LogP contribution in [0.4, 0.5) is 10.1 Å². The summed E-state index contributed by atoms with van der Waals surface area (Å²) >= 11 is 0.